The third-order valence-corrected chi connectivity index (χ3v) is 4.78. The first-order valence-corrected chi connectivity index (χ1v) is 8.38. The average molecular weight is 329 g/mol. The van der Waals surface area contributed by atoms with Crippen molar-refractivity contribution in [2.45, 2.75) is 32.6 Å². The number of carboxylic acid groups (broad SMARTS) is 1. The summed E-state index contributed by atoms with van der Waals surface area (Å²) in [5.74, 6) is 0.504. The predicted molar refractivity (Wildman–Crippen MR) is 93.2 cm³/mol. The van der Waals surface area contributed by atoms with Crippen molar-refractivity contribution in [3.05, 3.63) is 30.0 Å². The number of piperidine rings is 1. The molecule has 1 fully saturated rings. The Kier molecular flexibility index (Phi) is 4.74. The minimum absolute atomic E-state index is 0.0773. The standard InChI is InChI=1S/C18H23N3O3/c1-12(22)20-17-11-19-16-5-4-14(10-15(16)17)3-2-13-6-8-21(9-7-13)18(23)24/h4-5,10-11,13,19H,2-3,6-9H2,1H3,(H,20,22)(H,23,24). The molecule has 2 heterocycles. The maximum absolute atomic E-state index is 11.3. The molecular weight excluding hydrogens is 306 g/mol. The van der Waals surface area contributed by atoms with Crippen LogP contribution in [0.3, 0.4) is 0 Å². The molecule has 0 atom stereocenters. The molecule has 128 valence electrons. The number of aromatic amines is 1. The van der Waals surface area contributed by atoms with Crippen LogP contribution in [0.25, 0.3) is 10.9 Å². The molecule has 1 aromatic heterocycles. The Morgan fingerprint density at radius 3 is 2.75 bits per heavy atom. The number of amides is 2. The van der Waals surface area contributed by atoms with Gasteiger partial charge in [-0.05, 0) is 49.3 Å². The first-order valence-electron chi connectivity index (χ1n) is 8.38. The number of benzene rings is 1. The number of likely N-dealkylation sites (tertiary alicyclic amines) is 1. The van der Waals surface area contributed by atoms with Gasteiger partial charge in [0.05, 0.1) is 5.69 Å². The maximum Gasteiger partial charge on any atom is 0.407 e. The van der Waals surface area contributed by atoms with E-state index in [0.29, 0.717) is 19.0 Å². The van der Waals surface area contributed by atoms with Crippen molar-refractivity contribution in [2.75, 3.05) is 18.4 Å². The van der Waals surface area contributed by atoms with Crippen LogP contribution in [0.4, 0.5) is 10.5 Å². The Labute approximate surface area is 140 Å². The number of carbonyl (C=O) groups is 2. The second-order valence-corrected chi connectivity index (χ2v) is 6.52. The molecule has 6 heteroatoms. The van der Waals surface area contributed by atoms with Crippen LogP contribution in [-0.4, -0.2) is 40.1 Å². The number of hydrogen-bond acceptors (Lipinski definition) is 2. The van der Waals surface area contributed by atoms with Gasteiger partial charge in [0, 0.05) is 37.1 Å². The summed E-state index contributed by atoms with van der Waals surface area (Å²) in [5, 5.41) is 12.9. The summed E-state index contributed by atoms with van der Waals surface area (Å²) in [6, 6.07) is 6.29. The highest BCUT2D eigenvalue weighted by Gasteiger charge is 2.21. The Morgan fingerprint density at radius 1 is 1.33 bits per heavy atom. The van der Waals surface area contributed by atoms with Crippen molar-refractivity contribution >= 4 is 28.6 Å². The predicted octanol–water partition coefficient (Wildman–Crippen LogP) is 3.45. The molecule has 1 aliphatic heterocycles. The number of nitrogens with zero attached hydrogens (tertiary/aromatic N) is 1. The van der Waals surface area contributed by atoms with Gasteiger partial charge >= 0.3 is 6.09 Å². The van der Waals surface area contributed by atoms with E-state index < -0.39 is 6.09 Å². The molecule has 0 spiro atoms. The molecule has 0 unspecified atom stereocenters. The molecule has 0 aliphatic carbocycles. The Hall–Kier alpha value is -2.50. The van der Waals surface area contributed by atoms with Crippen LogP contribution in [0.2, 0.25) is 0 Å². The molecule has 1 aromatic carbocycles. The van der Waals surface area contributed by atoms with E-state index in [4.69, 9.17) is 5.11 Å². The van der Waals surface area contributed by atoms with Gasteiger partial charge in [0.25, 0.3) is 0 Å². The van der Waals surface area contributed by atoms with E-state index in [1.54, 1.807) is 0 Å². The fourth-order valence-corrected chi connectivity index (χ4v) is 3.40. The van der Waals surface area contributed by atoms with Gasteiger partial charge in [0.1, 0.15) is 0 Å². The first kappa shape index (κ1) is 16.4. The monoisotopic (exact) mass is 329 g/mol. The normalized spacial score (nSPS) is 15.6. The van der Waals surface area contributed by atoms with Crippen LogP contribution in [-0.2, 0) is 11.2 Å². The zero-order chi connectivity index (χ0) is 17.1. The highest BCUT2D eigenvalue weighted by atomic mass is 16.4. The van der Waals surface area contributed by atoms with Crippen molar-refractivity contribution in [1.29, 1.82) is 0 Å². The molecule has 24 heavy (non-hydrogen) atoms. The number of nitrogens with one attached hydrogen (secondary N) is 2. The molecule has 3 N–H and O–H groups in total. The number of anilines is 1. The van der Waals surface area contributed by atoms with Crippen LogP contribution in [0.1, 0.15) is 31.7 Å². The first-order chi connectivity index (χ1) is 11.5. The number of H-pyrrole nitrogens is 1. The highest BCUT2D eigenvalue weighted by molar-refractivity contribution is 6.01. The molecule has 0 saturated carbocycles. The lowest BCUT2D eigenvalue weighted by Crippen LogP contribution is -2.37. The average Bonchev–Trinajstić information content (AvgIpc) is 2.95. The summed E-state index contributed by atoms with van der Waals surface area (Å²) in [7, 11) is 0. The minimum Gasteiger partial charge on any atom is -0.465 e. The topological polar surface area (TPSA) is 85.4 Å². The minimum atomic E-state index is -0.808. The van der Waals surface area contributed by atoms with Crippen LogP contribution < -0.4 is 5.32 Å². The number of aromatic nitrogens is 1. The van der Waals surface area contributed by atoms with Crippen molar-refractivity contribution < 1.29 is 14.7 Å². The lowest BCUT2D eigenvalue weighted by molar-refractivity contribution is -0.114. The fourth-order valence-electron chi connectivity index (χ4n) is 3.40. The summed E-state index contributed by atoms with van der Waals surface area (Å²) in [5.41, 5.74) is 3.07. The number of fused-ring (bicyclic) bond motifs is 1. The second kappa shape index (κ2) is 6.95. The van der Waals surface area contributed by atoms with E-state index in [9.17, 15) is 9.59 Å². The summed E-state index contributed by atoms with van der Waals surface area (Å²) < 4.78 is 0. The van der Waals surface area contributed by atoms with Crippen molar-refractivity contribution in [3.63, 3.8) is 0 Å². The second-order valence-electron chi connectivity index (χ2n) is 6.52. The van der Waals surface area contributed by atoms with E-state index >= 15 is 0 Å². The fraction of sp³-hybridized carbons (Fsp3) is 0.444. The van der Waals surface area contributed by atoms with Gasteiger partial charge in [-0.3, -0.25) is 4.79 Å². The lowest BCUT2D eigenvalue weighted by Gasteiger charge is -2.29. The third-order valence-electron chi connectivity index (χ3n) is 4.78. The third kappa shape index (κ3) is 3.69. The zero-order valence-corrected chi connectivity index (χ0v) is 13.8. The van der Waals surface area contributed by atoms with Gasteiger partial charge < -0.3 is 20.3 Å². The summed E-state index contributed by atoms with van der Waals surface area (Å²) in [4.78, 5) is 26.9. The molecule has 2 amide bonds. The van der Waals surface area contributed by atoms with Crippen molar-refractivity contribution in [1.82, 2.24) is 9.88 Å². The summed E-state index contributed by atoms with van der Waals surface area (Å²) >= 11 is 0. The molecule has 3 rings (SSSR count). The van der Waals surface area contributed by atoms with Crippen LogP contribution in [0.5, 0.6) is 0 Å². The Bertz CT molecular complexity index is 745. The van der Waals surface area contributed by atoms with Crippen LogP contribution in [0, 0.1) is 5.92 Å². The molecule has 1 saturated heterocycles. The largest absolute Gasteiger partial charge is 0.465 e. The van der Waals surface area contributed by atoms with Gasteiger partial charge in [0.15, 0.2) is 0 Å². The number of aryl methyl sites for hydroxylation is 1. The summed E-state index contributed by atoms with van der Waals surface area (Å²) in [6.07, 6.45) is 4.93. The summed E-state index contributed by atoms with van der Waals surface area (Å²) in [6.45, 7) is 2.79. The lowest BCUT2D eigenvalue weighted by atomic mass is 9.90. The molecule has 0 radical (unpaired) electrons. The molecule has 1 aliphatic rings. The van der Waals surface area contributed by atoms with E-state index in [-0.39, 0.29) is 5.91 Å². The van der Waals surface area contributed by atoms with Crippen LogP contribution in [0.15, 0.2) is 24.4 Å². The molecule has 2 aromatic rings. The van der Waals surface area contributed by atoms with Crippen molar-refractivity contribution in [2.24, 2.45) is 5.92 Å². The van der Waals surface area contributed by atoms with Crippen molar-refractivity contribution in [3.8, 4) is 0 Å². The molecule has 6 nitrogen and oxygen atoms in total. The van der Waals surface area contributed by atoms with Crippen LogP contribution >= 0.6 is 0 Å². The van der Waals surface area contributed by atoms with E-state index in [1.807, 2.05) is 12.3 Å². The van der Waals surface area contributed by atoms with E-state index in [2.05, 4.69) is 22.4 Å². The van der Waals surface area contributed by atoms with E-state index in [0.717, 1.165) is 42.3 Å². The van der Waals surface area contributed by atoms with Gasteiger partial charge in [-0.25, -0.2) is 4.79 Å². The van der Waals surface area contributed by atoms with Gasteiger partial charge in [-0.15, -0.1) is 0 Å². The smallest absolute Gasteiger partial charge is 0.407 e. The molecular formula is C18H23N3O3. The van der Waals surface area contributed by atoms with Gasteiger partial charge in [-0.2, -0.15) is 0 Å². The Morgan fingerprint density at radius 2 is 2.08 bits per heavy atom. The molecule has 0 bridgehead atoms. The highest BCUT2D eigenvalue weighted by Crippen LogP contribution is 2.27. The van der Waals surface area contributed by atoms with Gasteiger partial charge in [0.2, 0.25) is 5.91 Å². The number of carbonyl (C=O) groups excluding carboxylic acids is 1. The van der Waals surface area contributed by atoms with E-state index in [1.165, 1.54) is 17.4 Å². The Balaban J connectivity index is 1.61. The van der Waals surface area contributed by atoms with Gasteiger partial charge in [-0.1, -0.05) is 6.07 Å². The number of rotatable bonds is 4. The SMILES string of the molecule is CC(=O)Nc1c[nH]c2ccc(CCC3CCN(C(=O)O)CC3)cc12. The maximum atomic E-state index is 11.3. The zero-order valence-electron chi connectivity index (χ0n) is 13.8. The number of hydrogen-bond donors (Lipinski definition) is 3. The quantitative estimate of drug-likeness (QED) is 0.803.